The predicted octanol–water partition coefficient (Wildman–Crippen LogP) is 4.84. The molecule has 1 N–H and O–H groups in total. The molecule has 2 aromatic carbocycles. The molecule has 0 bridgehead atoms. The van der Waals surface area contributed by atoms with Crippen LogP contribution in [0.4, 0.5) is 4.39 Å². The lowest BCUT2D eigenvalue weighted by molar-refractivity contribution is 0.0291. The number of ether oxygens (including phenoxy) is 2. The molecular weight excluding hydrogens is 469 g/mol. The van der Waals surface area contributed by atoms with Crippen molar-refractivity contribution in [2.24, 2.45) is 0 Å². The molecule has 2 fully saturated rings. The van der Waals surface area contributed by atoms with Gasteiger partial charge in [0.1, 0.15) is 11.6 Å². The monoisotopic (exact) mass is 503 g/mol. The van der Waals surface area contributed by atoms with Crippen LogP contribution >= 0.6 is 0 Å². The SMILES string of the molecule is COc1cccc(C2(CN3CCC(NC(=O)c4ccc(-c5cccc(F)c5)nc4)CC3)CCOCC2)c1. The molecule has 6 nitrogen and oxygen atoms in total. The maximum absolute atomic E-state index is 13.5. The summed E-state index contributed by atoms with van der Waals surface area (Å²) in [5.74, 6) is 0.468. The average molecular weight is 504 g/mol. The average Bonchev–Trinajstić information content (AvgIpc) is 2.95. The number of halogens is 1. The number of likely N-dealkylation sites (tertiary alicyclic amines) is 1. The first kappa shape index (κ1) is 25.4. The van der Waals surface area contributed by atoms with Gasteiger partial charge in [-0.1, -0.05) is 24.3 Å². The number of carbonyl (C=O) groups is 1. The number of piperidine rings is 1. The van der Waals surface area contributed by atoms with Gasteiger partial charge in [-0.25, -0.2) is 4.39 Å². The third kappa shape index (κ3) is 6.00. The van der Waals surface area contributed by atoms with Crippen molar-refractivity contribution in [3.63, 3.8) is 0 Å². The van der Waals surface area contributed by atoms with Crippen molar-refractivity contribution in [3.05, 3.63) is 83.8 Å². The number of carbonyl (C=O) groups excluding carboxylic acids is 1. The maximum atomic E-state index is 13.5. The van der Waals surface area contributed by atoms with Gasteiger partial charge in [0.25, 0.3) is 5.91 Å². The number of aromatic nitrogens is 1. The first-order valence-corrected chi connectivity index (χ1v) is 13.0. The van der Waals surface area contributed by atoms with Crippen LogP contribution in [0.1, 0.15) is 41.6 Å². The Labute approximate surface area is 217 Å². The Balaban J connectivity index is 1.17. The summed E-state index contributed by atoms with van der Waals surface area (Å²) in [7, 11) is 1.71. The minimum atomic E-state index is -0.307. The molecule has 2 aliphatic heterocycles. The van der Waals surface area contributed by atoms with Gasteiger partial charge in [-0.3, -0.25) is 9.78 Å². The summed E-state index contributed by atoms with van der Waals surface area (Å²) < 4.78 is 24.7. The van der Waals surface area contributed by atoms with Crippen LogP contribution in [0, 0.1) is 5.82 Å². The van der Waals surface area contributed by atoms with Crippen LogP contribution in [0.3, 0.4) is 0 Å². The molecule has 194 valence electrons. The van der Waals surface area contributed by atoms with E-state index in [2.05, 4.69) is 33.4 Å². The van der Waals surface area contributed by atoms with E-state index in [0.29, 0.717) is 16.8 Å². The fourth-order valence-corrected chi connectivity index (χ4v) is 5.53. The summed E-state index contributed by atoms with van der Waals surface area (Å²) in [6.45, 7) is 4.41. The quantitative estimate of drug-likeness (QED) is 0.500. The van der Waals surface area contributed by atoms with E-state index in [0.717, 1.165) is 64.3 Å². The number of benzene rings is 2. The third-order valence-corrected chi connectivity index (χ3v) is 7.73. The lowest BCUT2D eigenvalue weighted by Crippen LogP contribution is -2.50. The highest BCUT2D eigenvalue weighted by Gasteiger charge is 2.37. The second kappa shape index (κ2) is 11.4. The lowest BCUT2D eigenvalue weighted by atomic mass is 9.73. The highest BCUT2D eigenvalue weighted by Crippen LogP contribution is 2.37. The van der Waals surface area contributed by atoms with Gasteiger partial charge >= 0.3 is 0 Å². The second-order valence-corrected chi connectivity index (χ2v) is 10.1. The van der Waals surface area contributed by atoms with E-state index in [1.165, 1.54) is 17.7 Å². The molecular formula is C30H34FN3O3. The van der Waals surface area contributed by atoms with Crippen LogP contribution in [0.15, 0.2) is 66.9 Å². The summed E-state index contributed by atoms with van der Waals surface area (Å²) in [4.78, 5) is 19.8. The fraction of sp³-hybridized carbons (Fsp3) is 0.400. The van der Waals surface area contributed by atoms with E-state index in [9.17, 15) is 9.18 Å². The van der Waals surface area contributed by atoms with Crippen LogP contribution < -0.4 is 10.1 Å². The molecule has 2 aliphatic rings. The predicted molar refractivity (Wildman–Crippen MR) is 141 cm³/mol. The molecule has 0 aliphatic carbocycles. The van der Waals surface area contributed by atoms with Crippen molar-refractivity contribution in [2.45, 2.75) is 37.1 Å². The summed E-state index contributed by atoms with van der Waals surface area (Å²) in [5.41, 5.74) is 3.22. The van der Waals surface area contributed by atoms with Gasteiger partial charge in [-0.2, -0.15) is 0 Å². The zero-order valence-corrected chi connectivity index (χ0v) is 21.3. The lowest BCUT2D eigenvalue weighted by Gasteiger charge is -2.43. The topological polar surface area (TPSA) is 63.7 Å². The largest absolute Gasteiger partial charge is 0.497 e. The first-order valence-electron chi connectivity index (χ1n) is 13.0. The Morgan fingerprint density at radius 1 is 1.11 bits per heavy atom. The van der Waals surface area contributed by atoms with Gasteiger partial charge in [0.2, 0.25) is 0 Å². The molecule has 7 heteroatoms. The standard InChI is InChI=1S/C30H34FN3O3/c1-36-27-7-3-5-24(19-27)30(12-16-37-17-13-30)21-34-14-10-26(11-15-34)33-29(35)23-8-9-28(32-20-23)22-4-2-6-25(31)18-22/h2-9,18-20,26H,10-17,21H2,1H3,(H,33,35). The Kier molecular flexibility index (Phi) is 7.82. The van der Waals surface area contributed by atoms with E-state index in [1.807, 2.05) is 6.07 Å². The summed E-state index contributed by atoms with van der Waals surface area (Å²) in [5, 5.41) is 3.18. The molecule has 3 aromatic rings. The van der Waals surface area contributed by atoms with Crippen molar-refractivity contribution in [1.82, 2.24) is 15.2 Å². The number of hydrogen-bond donors (Lipinski definition) is 1. The fourth-order valence-electron chi connectivity index (χ4n) is 5.53. The van der Waals surface area contributed by atoms with Gasteiger partial charge in [-0.15, -0.1) is 0 Å². The highest BCUT2D eigenvalue weighted by molar-refractivity contribution is 5.94. The molecule has 37 heavy (non-hydrogen) atoms. The molecule has 5 rings (SSSR count). The third-order valence-electron chi connectivity index (χ3n) is 7.73. The van der Waals surface area contributed by atoms with Gasteiger partial charge in [-0.05, 0) is 67.6 Å². The molecule has 1 amide bonds. The molecule has 0 spiro atoms. The number of methoxy groups -OCH3 is 1. The number of nitrogens with one attached hydrogen (secondary N) is 1. The Hall–Kier alpha value is -3.29. The van der Waals surface area contributed by atoms with Gasteiger partial charge in [0.05, 0.1) is 18.4 Å². The maximum Gasteiger partial charge on any atom is 0.253 e. The Bertz CT molecular complexity index is 1200. The zero-order chi connectivity index (χ0) is 25.7. The van der Waals surface area contributed by atoms with Crippen molar-refractivity contribution < 1.29 is 18.7 Å². The molecule has 0 saturated carbocycles. The summed E-state index contributed by atoms with van der Waals surface area (Å²) in [6, 6.07) is 18.4. The van der Waals surface area contributed by atoms with Crippen molar-refractivity contribution in [1.29, 1.82) is 0 Å². The van der Waals surface area contributed by atoms with Crippen LogP contribution in [-0.2, 0) is 10.2 Å². The summed E-state index contributed by atoms with van der Waals surface area (Å²) >= 11 is 0. The minimum absolute atomic E-state index is 0.0535. The Morgan fingerprint density at radius 2 is 1.89 bits per heavy atom. The van der Waals surface area contributed by atoms with Crippen LogP contribution in [0.25, 0.3) is 11.3 Å². The van der Waals surface area contributed by atoms with E-state index in [4.69, 9.17) is 9.47 Å². The highest BCUT2D eigenvalue weighted by atomic mass is 19.1. The van der Waals surface area contributed by atoms with E-state index < -0.39 is 0 Å². The number of rotatable bonds is 7. The Morgan fingerprint density at radius 3 is 2.59 bits per heavy atom. The zero-order valence-electron chi connectivity index (χ0n) is 21.3. The van der Waals surface area contributed by atoms with Gasteiger partial charge in [0.15, 0.2) is 0 Å². The van der Waals surface area contributed by atoms with Gasteiger partial charge < -0.3 is 19.7 Å². The van der Waals surface area contributed by atoms with Crippen molar-refractivity contribution in [2.75, 3.05) is 40.0 Å². The van der Waals surface area contributed by atoms with Crippen molar-refractivity contribution in [3.8, 4) is 17.0 Å². The molecule has 0 unspecified atom stereocenters. The van der Waals surface area contributed by atoms with Crippen LogP contribution in [0.5, 0.6) is 5.75 Å². The molecule has 1 aromatic heterocycles. The second-order valence-electron chi connectivity index (χ2n) is 10.1. The van der Waals surface area contributed by atoms with Crippen LogP contribution in [0.2, 0.25) is 0 Å². The molecule has 3 heterocycles. The first-order chi connectivity index (χ1) is 18.0. The van der Waals surface area contributed by atoms with Gasteiger partial charge in [0, 0.05) is 56.1 Å². The molecule has 2 saturated heterocycles. The van der Waals surface area contributed by atoms with Crippen LogP contribution in [-0.4, -0.2) is 61.8 Å². The summed E-state index contributed by atoms with van der Waals surface area (Å²) in [6.07, 6.45) is 5.37. The minimum Gasteiger partial charge on any atom is -0.497 e. The van der Waals surface area contributed by atoms with E-state index >= 15 is 0 Å². The molecule has 0 radical (unpaired) electrons. The van der Waals surface area contributed by atoms with E-state index in [1.54, 1.807) is 37.6 Å². The normalized spacial score (nSPS) is 18.3. The van der Waals surface area contributed by atoms with E-state index in [-0.39, 0.29) is 23.2 Å². The number of amides is 1. The number of hydrogen-bond acceptors (Lipinski definition) is 5. The smallest absolute Gasteiger partial charge is 0.253 e. The number of nitrogens with zero attached hydrogens (tertiary/aromatic N) is 2. The molecule has 0 atom stereocenters. The number of pyridine rings is 1. The van der Waals surface area contributed by atoms with Crippen molar-refractivity contribution >= 4 is 5.91 Å².